The van der Waals surface area contributed by atoms with E-state index in [0.717, 1.165) is 12.8 Å². The minimum atomic E-state index is -0.629. The van der Waals surface area contributed by atoms with Crippen molar-refractivity contribution < 1.29 is 28.5 Å². The summed E-state index contributed by atoms with van der Waals surface area (Å²) < 4.78 is 19.6. The van der Waals surface area contributed by atoms with Gasteiger partial charge in [0.05, 0.1) is 0 Å². The maximum Gasteiger partial charge on any atom is 0.508 e. The summed E-state index contributed by atoms with van der Waals surface area (Å²) in [5.41, 5.74) is -0.263. The molecule has 0 aromatic heterocycles. The number of ether oxygens (including phenoxy) is 4. The van der Waals surface area contributed by atoms with Crippen molar-refractivity contribution in [2.24, 2.45) is 5.41 Å². The quantitative estimate of drug-likeness (QED) is 0.703. The Morgan fingerprint density at radius 3 is 2.41 bits per heavy atom. The van der Waals surface area contributed by atoms with Gasteiger partial charge in [0.2, 0.25) is 0 Å². The Balaban J connectivity index is 1.96. The van der Waals surface area contributed by atoms with Crippen LogP contribution < -0.4 is 0 Å². The maximum atomic E-state index is 10.9. The highest BCUT2D eigenvalue weighted by Crippen LogP contribution is 2.35. The number of hydrogen-bond donors (Lipinski definition) is 0. The van der Waals surface area contributed by atoms with Crippen molar-refractivity contribution in [3.05, 3.63) is 0 Å². The smallest absolute Gasteiger partial charge is 0.434 e. The van der Waals surface area contributed by atoms with Crippen LogP contribution in [0.1, 0.15) is 26.2 Å². The van der Waals surface area contributed by atoms with E-state index in [2.05, 4.69) is 6.92 Å². The van der Waals surface area contributed by atoms with Crippen LogP contribution in [-0.2, 0) is 18.9 Å². The first-order valence-corrected chi connectivity index (χ1v) is 5.76. The van der Waals surface area contributed by atoms with Crippen LogP contribution in [0.15, 0.2) is 0 Å². The molecular weight excluding hydrogens is 228 g/mol. The summed E-state index contributed by atoms with van der Waals surface area (Å²) in [6.07, 6.45) is 0.873. The average molecular weight is 244 g/mol. The lowest BCUT2D eigenvalue weighted by Gasteiger charge is -2.36. The minimum Gasteiger partial charge on any atom is -0.434 e. The molecule has 0 amide bonds. The molecule has 0 aromatic rings. The molecule has 17 heavy (non-hydrogen) atoms. The third kappa shape index (κ3) is 2.81. The molecule has 6 nitrogen and oxygen atoms in total. The fraction of sp³-hybridized carbons (Fsp3) is 0.818. The molecular formula is C11H16O6. The minimum absolute atomic E-state index is 0.262. The van der Waals surface area contributed by atoms with Gasteiger partial charge in [-0.3, -0.25) is 0 Å². The Morgan fingerprint density at radius 2 is 1.88 bits per heavy atom. The summed E-state index contributed by atoms with van der Waals surface area (Å²) in [4.78, 5) is 21.7. The van der Waals surface area contributed by atoms with Crippen molar-refractivity contribution in [2.45, 2.75) is 32.3 Å². The van der Waals surface area contributed by atoms with Gasteiger partial charge in [0.1, 0.15) is 25.9 Å². The standard InChI is InChI=1S/C11H16O6/c1-2-3-11(6-15-9(12)16-7-11)4-8-5-14-10(13)17-8/h8H,2-7H2,1H3. The third-order valence-corrected chi connectivity index (χ3v) is 3.08. The number of hydrogen-bond acceptors (Lipinski definition) is 6. The SMILES string of the molecule is CCCC1(CC2COC(=O)O2)COC(=O)OC1. The summed E-state index contributed by atoms with van der Waals surface area (Å²) in [7, 11) is 0. The van der Waals surface area contributed by atoms with Crippen molar-refractivity contribution in [3.8, 4) is 0 Å². The molecule has 2 aliphatic rings. The van der Waals surface area contributed by atoms with Crippen LogP contribution in [0.4, 0.5) is 9.59 Å². The second-order valence-corrected chi connectivity index (χ2v) is 4.58. The van der Waals surface area contributed by atoms with Crippen LogP contribution in [0.5, 0.6) is 0 Å². The van der Waals surface area contributed by atoms with Gasteiger partial charge in [0.25, 0.3) is 0 Å². The van der Waals surface area contributed by atoms with E-state index in [0.29, 0.717) is 19.6 Å². The summed E-state index contributed by atoms with van der Waals surface area (Å²) in [6.45, 7) is 2.94. The zero-order valence-corrected chi connectivity index (χ0v) is 9.77. The van der Waals surface area contributed by atoms with E-state index >= 15 is 0 Å². The lowest BCUT2D eigenvalue weighted by molar-refractivity contribution is -0.0785. The van der Waals surface area contributed by atoms with E-state index in [4.69, 9.17) is 18.9 Å². The molecule has 0 radical (unpaired) electrons. The molecule has 0 aliphatic carbocycles. The van der Waals surface area contributed by atoms with Gasteiger partial charge in [-0.25, -0.2) is 9.59 Å². The van der Waals surface area contributed by atoms with Crippen molar-refractivity contribution in [2.75, 3.05) is 19.8 Å². The number of rotatable bonds is 4. The topological polar surface area (TPSA) is 71.1 Å². The number of cyclic esters (lactones) is 4. The first-order valence-electron chi connectivity index (χ1n) is 5.76. The predicted molar refractivity (Wildman–Crippen MR) is 55.5 cm³/mol. The fourth-order valence-corrected chi connectivity index (χ4v) is 2.35. The van der Waals surface area contributed by atoms with Crippen molar-refractivity contribution >= 4 is 12.3 Å². The molecule has 2 fully saturated rings. The van der Waals surface area contributed by atoms with E-state index in [1.165, 1.54) is 0 Å². The first-order chi connectivity index (χ1) is 8.13. The second kappa shape index (κ2) is 4.81. The molecule has 1 atom stereocenters. The van der Waals surface area contributed by atoms with Crippen LogP contribution in [-0.4, -0.2) is 38.2 Å². The summed E-state index contributed by atoms with van der Waals surface area (Å²) >= 11 is 0. The fourth-order valence-electron chi connectivity index (χ4n) is 2.35. The molecule has 2 aliphatic heterocycles. The molecule has 0 saturated carbocycles. The van der Waals surface area contributed by atoms with E-state index in [1.54, 1.807) is 0 Å². The maximum absolute atomic E-state index is 10.9. The molecule has 0 aromatic carbocycles. The van der Waals surface area contributed by atoms with Gasteiger partial charge in [-0.15, -0.1) is 0 Å². The zero-order chi connectivity index (χ0) is 12.3. The second-order valence-electron chi connectivity index (χ2n) is 4.58. The van der Waals surface area contributed by atoms with Gasteiger partial charge >= 0.3 is 12.3 Å². The van der Waals surface area contributed by atoms with Gasteiger partial charge in [-0.1, -0.05) is 13.3 Å². The molecule has 2 saturated heterocycles. The molecule has 0 spiro atoms. The van der Waals surface area contributed by atoms with E-state index in [9.17, 15) is 9.59 Å². The van der Waals surface area contributed by atoms with Gasteiger partial charge in [0, 0.05) is 11.8 Å². The van der Waals surface area contributed by atoms with Crippen LogP contribution in [0.25, 0.3) is 0 Å². The largest absolute Gasteiger partial charge is 0.508 e. The van der Waals surface area contributed by atoms with Crippen molar-refractivity contribution in [1.82, 2.24) is 0 Å². The Labute approximate surface area is 99.2 Å². The van der Waals surface area contributed by atoms with Crippen LogP contribution in [0.3, 0.4) is 0 Å². The van der Waals surface area contributed by atoms with Gasteiger partial charge in [0.15, 0.2) is 0 Å². The lowest BCUT2D eigenvalue weighted by atomic mass is 9.79. The predicted octanol–water partition coefficient (Wildman–Crippen LogP) is 1.87. The number of carbonyl (C=O) groups is 2. The highest BCUT2D eigenvalue weighted by Gasteiger charge is 2.41. The van der Waals surface area contributed by atoms with Gasteiger partial charge < -0.3 is 18.9 Å². The van der Waals surface area contributed by atoms with Crippen molar-refractivity contribution in [3.63, 3.8) is 0 Å². The molecule has 2 rings (SSSR count). The lowest BCUT2D eigenvalue weighted by Crippen LogP contribution is -2.42. The molecule has 1 unspecified atom stereocenters. The van der Waals surface area contributed by atoms with Crippen LogP contribution >= 0.6 is 0 Å². The molecule has 0 N–H and O–H groups in total. The summed E-state index contributed by atoms with van der Waals surface area (Å²) in [5.74, 6) is 0. The third-order valence-electron chi connectivity index (χ3n) is 3.08. The molecule has 6 heteroatoms. The Hall–Kier alpha value is -1.46. The summed E-state index contributed by atoms with van der Waals surface area (Å²) in [5, 5.41) is 0. The van der Waals surface area contributed by atoms with Crippen molar-refractivity contribution in [1.29, 1.82) is 0 Å². The number of carbonyl (C=O) groups excluding carboxylic acids is 2. The Morgan fingerprint density at radius 1 is 1.18 bits per heavy atom. The zero-order valence-electron chi connectivity index (χ0n) is 9.77. The Kier molecular flexibility index (Phi) is 3.40. The normalized spacial score (nSPS) is 26.8. The van der Waals surface area contributed by atoms with Crippen LogP contribution in [0, 0.1) is 5.41 Å². The molecule has 2 heterocycles. The summed E-state index contributed by atoms with van der Waals surface area (Å²) in [6, 6.07) is 0. The van der Waals surface area contributed by atoms with Crippen LogP contribution in [0.2, 0.25) is 0 Å². The van der Waals surface area contributed by atoms with Gasteiger partial charge in [-0.05, 0) is 6.42 Å². The van der Waals surface area contributed by atoms with Gasteiger partial charge in [-0.2, -0.15) is 0 Å². The molecule has 96 valence electrons. The van der Waals surface area contributed by atoms with E-state index in [1.807, 2.05) is 0 Å². The highest BCUT2D eigenvalue weighted by molar-refractivity contribution is 5.62. The van der Waals surface area contributed by atoms with E-state index < -0.39 is 12.3 Å². The first kappa shape index (κ1) is 12.0. The van der Waals surface area contributed by atoms with E-state index in [-0.39, 0.29) is 18.1 Å². The highest BCUT2D eigenvalue weighted by atomic mass is 16.8. The molecule has 0 bridgehead atoms. The monoisotopic (exact) mass is 244 g/mol. The Bertz CT molecular complexity index is 303. The average Bonchev–Trinajstić information content (AvgIpc) is 2.69.